The van der Waals surface area contributed by atoms with Crippen molar-refractivity contribution in [3.05, 3.63) is 77.9 Å². The van der Waals surface area contributed by atoms with Crippen molar-refractivity contribution < 1.29 is 33.6 Å². The van der Waals surface area contributed by atoms with Gasteiger partial charge in [-0.2, -0.15) is 0 Å². The number of carbonyl (C=O) groups is 2. The number of hydrogen-bond acceptors (Lipinski definition) is 7. The highest BCUT2D eigenvalue weighted by atomic mass is 16.6. The first-order valence-corrected chi connectivity index (χ1v) is 14.2. The zero-order chi connectivity index (χ0) is 28.7. The zero-order valence-corrected chi connectivity index (χ0v) is 23.9. The number of ether oxygens (including phenoxy) is 4. The first-order chi connectivity index (χ1) is 19.0. The van der Waals surface area contributed by atoms with Crippen LogP contribution in [0, 0.1) is 17.3 Å². The maximum absolute atomic E-state index is 13.4. The van der Waals surface area contributed by atoms with Gasteiger partial charge < -0.3 is 24.1 Å². The summed E-state index contributed by atoms with van der Waals surface area (Å²) in [7, 11) is 0. The lowest BCUT2D eigenvalue weighted by Gasteiger charge is -2.63. The fourth-order valence-corrected chi connectivity index (χ4v) is 7.69. The Balaban J connectivity index is 1.56. The van der Waals surface area contributed by atoms with Gasteiger partial charge in [-0.05, 0) is 50.3 Å². The molecule has 1 heterocycles. The molecule has 0 unspecified atom stereocenters. The van der Waals surface area contributed by atoms with Gasteiger partial charge >= 0.3 is 11.9 Å². The highest BCUT2D eigenvalue weighted by Crippen LogP contribution is 2.67. The molecule has 40 heavy (non-hydrogen) atoms. The van der Waals surface area contributed by atoms with Gasteiger partial charge in [0, 0.05) is 6.92 Å². The van der Waals surface area contributed by atoms with Gasteiger partial charge in [-0.25, -0.2) is 4.79 Å². The van der Waals surface area contributed by atoms with Crippen LogP contribution in [0.2, 0.25) is 0 Å². The Hall–Kier alpha value is -3.00. The maximum Gasteiger partial charge on any atom is 0.338 e. The lowest BCUT2D eigenvalue weighted by molar-refractivity contribution is -0.300. The van der Waals surface area contributed by atoms with Crippen LogP contribution in [0.25, 0.3) is 6.08 Å². The fraction of sp³-hybridized carbons (Fsp3) is 0.515. The van der Waals surface area contributed by atoms with Crippen LogP contribution >= 0.6 is 0 Å². The van der Waals surface area contributed by atoms with Crippen molar-refractivity contribution in [2.24, 2.45) is 17.3 Å². The number of aliphatic hydroxyl groups is 1. The normalized spacial score (nSPS) is 36.1. The summed E-state index contributed by atoms with van der Waals surface area (Å²) < 4.78 is 25.8. The molecule has 2 aromatic rings. The van der Waals surface area contributed by atoms with Gasteiger partial charge in [0.15, 0.2) is 0 Å². The lowest BCUT2D eigenvalue weighted by Crippen LogP contribution is -2.76. The Morgan fingerprint density at radius 1 is 0.975 bits per heavy atom. The van der Waals surface area contributed by atoms with Gasteiger partial charge in [0.05, 0.1) is 35.2 Å². The molecule has 1 aliphatic heterocycles. The molecule has 8 atom stereocenters. The molecule has 1 N–H and O–H groups in total. The second-order valence-electron chi connectivity index (χ2n) is 12.1. The summed E-state index contributed by atoms with van der Waals surface area (Å²) in [5, 5.41) is 12.0. The standard InChI is InChI=1S/C33H40O7/c1-21-18-19-25(37-20-12-15-23-13-8-6-9-14-23)32(5)29(39-30(36)24-16-10-7-11-17-24)27(35)26-28(38-22(2)34)33(21,32)40-31(26,3)4/h6-17,21,25-29,35H,18-20H2,1-5H3/b15-12+/t21-,25+,26-,27-,28-,29-,32+,33-/m1/s1. The van der Waals surface area contributed by atoms with Crippen molar-refractivity contribution in [1.82, 2.24) is 0 Å². The first kappa shape index (κ1) is 28.5. The number of rotatable bonds is 7. The molecule has 2 aromatic carbocycles. The lowest BCUT2D eigenvalue weighted by atomic mass is 9.48. The summed E-state index contributed by atoms with van der Waals surface area (Å²) in [6, 6.07) is 18.7. The minimum Gasteiger partial charge on any atom is -0.459 e. The fourth-order valence-electron chi connectivity index (χ4n) is 7.69. The molecule has 0 amide bonds. The average molecular weight is 549 g/mol. The van der Waals surface area contributed by atoms with E-state index in [4.69, 9.17) is 18.9 Å². The van der Waals surface area contributed by atoms with Gasteiger partial charge in [-0.3, -0.25) is 4.79 Å². The topological polar surface area (TPSA) is 91.3 Å². The van der Waals surface area contributed by atoms with E-state index in [1.54, 1.807) is 24.3 Å². The first-order valence-electron chi connectivity index (χ1n) is 14.2. The minimum absolute atomic E-state index is 0.0590. The number of fused-ring (bicyclic) bond motifs is 1. The van der Waals surface area contributed by atoms with E-state index in [2.05, 4.69) is 6.92 Å². The highest BCUT2D eigenvalue weighted by Gasteiger charge is 2.81. The Morgan fingerprint density at radius 3 is 2.27 bits per heavy atom. The third-order valence-corrected chi connectivity index (χ3v) is 9.40. The summed E-state index contributed by atoms with van der Waals surface area (Å²) in [5.74, 6) is -1.62. The van der Waals surface area contributed by atoms with E-state index >= 15 is 0 Å². The van der Waals surface area contributed by atoms with Crippen molar-refractivity contribution in [3.63, 3.8) is 0 Å². The van der Waals surface area contributed by atoms with Crippen molar-refractivity contribution >= 4 is 18.0 Å². The predicted molar refractivity (Wildman–Crippen MR) is 150 cm³/mol. The van der Waals surface area contributed by atoms with E-state index < -0.39 is 58.9 Å². The molecule has 7 nitrogen and oxygen atoms in total. The predicted octanol–water partition coefficient (Wildman–Crippen LogP) is 5.22. The minimum atomic E-state index is -1.15. The van der Waals surface area contributed by atoms with E-state index in [-0.39, 0.29) is 5.92 Å². The van der Waals surface area contributed by atoms with Crippen LogP contribution < -0.4 is 0 Å². The van der Waals surface area contributed by atoms with Crippen molar-refractivity contribution in [1.29, 1.82) is 0 Å². The van der Waals surface area contributed by atoms with Gasteiger partial charge in [-0.1, -0.05) is 74.5 Å². The Bertz CT molecular complexity index is 1240. The van der Waals surface area contributed by atoms with Gasteiger partial charge in [0.1, 0.15) is 23.9 Å². The molecule has 2 saturated carbocycles. The quantitative estimate of drug-likeness (QED) is 0.475. The Labute approximate surface area is 236 Å². The monoisotopic (exact) mass is 548 g/mol. The summed E-state index contributed by atoms with van der Waals surface area (Å²) >= 11 is 0. The molecule has 3 fully saturated rings. The number of aliphatic hydroxyl groups excluding tert-OH is 1. The molecule has 214 valence electrons. The largest absolute Gasteiger partial charge is 0.459 e. The van der Waals surface area contributed by atoms with E-state index in [9.17, 15) is 14.7 Å². The van der Waals surface area contributed by atoms with Crippen LogP contribution in [0.4, 0.5) is 0 Å². The van der Waals surface area contributed by atoms with Crippen LogP contribution in [0.1, 0.15) is 63.4 Å². The molecule has 5 rings (SSSR count). The second kappa shape index (κ2) is 10.8. The average Bonchev–Trinajstić information content (AvgIpc) is 3.13. The zero-order valence-electron chi connectivity index (χ0n) is 23.9. The molecule has 7 heteroatoms. The highest BCUT2D eigenvalue weighted by molar-refractivity contribution is 5.89. The summed E-state index contributed by atoms with van der Waals surface area (Å²) in [6.07, 6.45) is 2.12. The van der Waals surface area contributed by atoms with Gasteiger partial charge in [0.25, 0.3) is 0 Å². The summed E-state index contributed by atoms with van der Waals surface area (Å²) in [6.45, 7) is 9.58. The number of hydrogen-bond donors (Lipinski definition) is 1. The SMILES string of the molecule is CC(=O)O[C@@H]1[C@H]2[C@@H](O)[C@@H](OC(=O)c3ccccc3)[C@]3(C)[C@@H](OC/C=C/c4ccccc4)CC[C@@H](C)[C@@]13OC2(C)C. The molecular weight excluding hydrogens is 508 g/mol. The van der Waals surface area contributed by atoms with Crippen molar-refractivity contribution in [2.45, 2.75) is 83.1 Å². The number of carbonyl (C=O) groups excluding carboxylic acids is 2. The number of esters is 2. The smallest absolute Gasteiger partial charge is 0.338 e. The second-order valence-corrected chi connectivity index (χ2v) is 12.1. The van der Waals surface area contributed by atoms with E-state index in [0.717, 1.165) is 12.0 Å². The third-order valence-electron chi connectivity index (χ3n) is 9.40. The molecule has 1 saturated heterocycles. The molecular formula is C33H40O7. The molecule has 0 aromatic heterocycles. The van der Waals surface area contributed by atoms with Crippen LogP contribution in [0.15, 0.2) is 66.7 Å². The van der Waals surface area contributed by atoms with Gasteiger partial charge in [0.2, 0.25) is 0 Å². The molecule has 0 radical (unpaired) electrons. The van der Waals surface area contributed by atoms with E-state index in [1.165, 1.54) is 6.92 Å². The van der Waals surface area contributed by atoms with Crippen LogP contribution in [-0.4, -0.2) is 59.3 Å². The molecule has 3 aliphatic rings. The Kier molecular flexibility index (Phi) is 7.68. The Morgan fingerprint density at radius 2 is 1.62 bits per heavy atom. The maximum atomic E-state index is 13.4. The summed E-state index contributed by atoms with van der Waals surface area (Å²) in [4.78, 5) is 25.8. The molecule has 2 aliphatic carbocycles. The van der Waals surface area contributed by atoms with Crippen LogP contribution in [0.5, 0.6) is 0 Å². The number of benzene rings is 2. The molecule has 1 spiro atoms. The summed E-state index contributed by atoms with van der Waals surface area (Å²) in [5.41, 5.74) is -1.46. The van der Waals surface area contributed by atoms with E-state index in [1.807, 2.05) is 69.3 Å². The molecule has 2 bridgehead atoms. The van der Waals surface area contributed by atoms with Gasteiger partial charge in [-0.15, -0.1) is 0 Å². The van der Waals surface area contributed by atoms with Crippen molar-refractivity contribution in [2.75, 3.05) is 6.61 Å². The van der Waals surface area contributed by atoms with Crippen LogP contribution in [-0.2, 0) is 23.7 Å². The third kappa shape index (κ3) is 4.58. The van der Waals surface area contributed by atoms with Crippen LogP contribution in [0.3, 0.4) is 0 Å². The van der Waals surface area contributed by atoms with Crippen molar-refractivity contribution in [3.8, 4) is 0 Å². The van der Waals surface area contributed by atoms with E-state index in [0.29, 0.717) is 18.6 Å².